The SMILES string of the molecule is CNc1cc(-c2cccc(C#N)c2)[nH]n1. The van der Waals surface area contributed by atoms with Crippen LogP contribution in [0, 0.1) is 11.3 Å². The summed E-state index contributed by atoms with van der Waals surface area (Å²) in [5.74, 6) is 0.785. The molecule has 15 heavy (non-hydrogen) atoms. The van der Waals surface area contributed by atoms with Gasteiger partial charge in [0.2, 0.25) is 0 Å². The molecule has 1 heterocycles. The molecule has 0 saturated carbocycles. The summed E-state index contributed by atoms with van der Waals surface area (Å²) in [7, 11) is 1.81. The molecule has 0 atom stereocenters. The molecule has 0 aliphatic rings. The first-order valence-corrected chi connectivity index (χ1v) is 4.57. The van der Waals surface area contributed by atoms with Crippen LogP contribution in [0.25, 0.3) is 11.3 Å². The van der Waals surface area contributed by atoms with Gasteiger partial charge in [-0.2, -0.15) is 10.4 Å². The van der Waals surface area contributed by atoms with Gasteiger partial charge >= 0.3 is 0 Å². The van der Waals surface area contributed by atoms with Crippen molar-refractivity contribution in [1.82, 2.24) is 10.2 Å². The predicted octanol–water partition coefficient (Wildman–Crippen LogP) is 1.99. The average Bonchev–Trinajstić information content (AvgIpc) is 2.78. The molecule has 2 rings (SSSR count). The van der Waals surface area contributed by atoms with Crippen LogP contribution in [0.1, 0.15) is 5.56 Å². The summed E-state index contributed by atoms with van der Waals surface area (Å²) < 4.78 is 0. The van der Waals surface area contributed by atoms with E-state index in [1.807, 2.05) is 31.3 Å². The minimum Gasteiger partial charge on any atom is -0.372 e. The Kier molecular flexibility index (Phi) is 2.38. The van der Waals surface area contributed by atoms with Crippen molar-refractivity contribution in [1.29, 1.82) is 5.26 Å². The van der Waals surface area contributed by atoms with E-state index in [1.165, 1.54) is 0 Å². The lowest BCUT2D eigenvalue weighted by atomic mass is 10.1. The molecular weight excluding hydrogens is 188 g/mol. The number of nitriles is 1. The third kappa shape index (κ3) is 1.81. The lowest BCUT2D eigenvalue weighted by molar-refractivity contribution is 1.09. The highest BCUT2D eigenvalue weighted by molar-refractivity contribution is 5.64. The molecule has 0 aliphatic carbocycles. The topological polar surface area (TPSA) is 64.5 Å². The molecule has 0 radical (unpaired) electrons. The van der Waals surface area contributed by atoms with Gasteiger partial charge in [0.05, 0.1) is 17.3 Å². The Morgan fingerprint density at radius 1 is 1.40 bits per heavy atom. The third-order valence-electron chi connectivity index (χ3n) is 2.14. The average molecular weight is 198 g/mol. The minimum absolute atomic E-state index is 0.646. The van der Waals surface area contributed by atoms with E-state index >= 15 is 0 Å². The highest BCUT2D eigenvalue weighted by Crippen LogP contribution is 2.20. The van der Waals surface area contributed by atoms with Crippen LogP contribution in [0.5, 0.6) is 0 Å². The van der Waals surface area contributed by atoms with Crippen molar-refractivity contribution in [3.05, 3.63) is 35.9 Å². The van der Waals surface area contributed by atoms with Crippen molar-refractivity contribution in [3.63, 3.8) is 0 Å². The second-order valence-corrected chi connectivity index (χ2v) is 3.11. The zero-order chi connectivity index (χ0) is 10.7. The maximum Gasteiger partial charge on any atom is 0.148 e. The van der Waals surface area contributed by atoms with Gasteiger partial charge in [0.1, 0.15) is 5.82 Å². The molecule has 0 fully saturated rings. The number of aromatic nitrogens is 2. The van der Waals surface area contributed by atoms with Gasteiger partial charge in [-0.1, -0.05) is 12.1 Å². The van der Waals surface area contributed by atoms with E-state index in [-0.39, 0.29) is 0 Å². The summed E-state index contributed by atoms with van der Waals surface area (Å²) in [6, 6.07) is 11.4. The van der Waals surface area contributed by atoms with Crippen LogP contribution in [0.4, 0.5) is 5.82 Å². The van der Waals surface area contributed by atoms with Crippen LogP contribution in [-0.4, -0.2) is 17.2 Å². The minimum atomic E-state index is 0.646. The normalized spacial score (nSPS) is 9.60. The van der Waals surface area contributed by atoms with Crippen molar-refractivity contribution in [2.45, 2.75) is 0 Å². The predicted molar refractivity (Wildman–Crippen MR) is 58.3 cm³/mol. The smallest absolute Gasteiger partial charge is 0.148 e. The fraction of sp³-hybridized carbons (Fsp3) is 0.0909. The van der Waals surface area contributed by atoms with Crippen LogP contribution in [0.2, 0.25) is 0 Å². The lowest BCUT2D eigenvalue weighted by Gasteiger charge is -1.96. The Morgan fingerprint density at radius 2 is 2.27 bits per heavy atom. The molecular formula is C11H10N4. The maximum absolute atomic E-state index is 8.77. The van der Waals surface area contributed by atoms with Crippen molar-refractivity contribution >= 4 is 5.82 Å². The number of hydrogen-bond acceptors (Lipinski definition) is 3. The number of rotatable bonds is 2. The van der Waals surface area contributed by atoms with Crippen molar-refractivity contribution in [2.24, 2.45) is 0 Å². The first-order valence-electron chi connectivity index (χ1n) is 4.57. The Labute approximate surface area is 87.6 Å². The molecule has 0 aliphatic heterocycles. The molecule has 1 aromatic heterocycles. The van der Waals surface area contributed by atoms with Gasteiger partial charge in [-0.05, 0) is 12.1 Å². The molecule has 74 valence electrons. The lowest BCUT2D eigenvalue weighted by Crippen LogP contribution is -1.85. The molecule has 1 aromatic carbocycles. The summed E-state index contributed by atoms with van der Waals surface area (Å²) >= 11 is 0. The summed E-state index contributed by atoms with van der Waals surface area (Å²) in [5.41, 5.74) is 2.51. The van der Waals surface area contributed by atoms with Gasteiger partial charge in [0, 0.05) is 18.7 Å². The summed E-state index contributed by atoms with van der Waals surface area (Å²) in [6.07, 6.45) is 0. The van der Waals surface area contributed by atoms with Crippen LogP contribution >= 0.6 is 0 Å². The maximum atomic E-state index is 8.77. The number of nitrogens with zero attached hydrogens (tertiary/aromatic N) is 2. The monoisotopic (exact) mass is 198 g/mol. The van der Waals surface area contributed by atoms with Gasteiger partial charge in [0.15, 0.2) is 0 Å². The van der Waals surface area contributed by atoms with Gasteiger partial charge < -0.3 is 5.32 Å². The molecule has 4 nitrogen and oxygen atoms in total. The largest absolute Gasteiger partial charge is 0.372 e. The highest BCUT2D eigenvalue weighted by Gasteiger charge is 2.02. The molecule has 0 unspecified atom stereocenters. The van der Waals surface area contributed by atoms with E-state index in [9.17, 15) is 0 Å². The van der Waals surface area contributed by atoms with E-state index in [0.29, 0.717) is 5.56 Å². The number of anilines is 1. The van der Waals surface area contributed by atoms with Crippen LogP contribution < -0.4 is 5.32 Å². The molecule has 4 heteroatoms. The second-order valence-electron chi connectivity index (χ2n) is 3.11. The zero-order valence-corrected chi connectivity index (χ0v) is 8.28. The standard InChI is InChI=1S/C11H10N4/c1-13-11-6-10(14-15-11)9-4-2-3-8(5-9)7-12/h2-6H,1H3,(H2,13,14,15). The number of nitrogens with one attached hydrogen (secondary N) is 2. The third-order valence-corrected chi connectivity index (χ3v) is 2.14. The van der Waals surface area contributed by atoms with Gasteiger partial charge in [-0.15, -0.1) is 0 Å². The van der Waals surface area contributed by atoms with Crippen LogP contribution in [0.15, 0.2) is 30.3 Å². The van der Waals surface area contributed by atoms with Crippen LogP contribution in [0.3, 0.4) is 0 Å². The molecule has 0 amide bonds. The Morgan fingerprint density at radius 3 is 2.93 bits per heavy atom. The van der Waals surface area contributed by atoms with Crippen molar-refractivity contribution in [2.75, 3.05) is 12.4 Å². The van der Waals surface area contributed by atoms with Crippen molar-refractivity contribution in [3.8, 4) is 17.3 Å². The number of H-pyrrole nitrogens is 1. The fourth-order valence-corrected chi connectivity index (χ4v) is 1.35. The van der Waals surface area contributed by atoms with E-state index in [0.717, 1.165) is 17.1 Å². The summed E-state index contributed by atoms with van der Waals surface area (Å²) in [5, 5.41) is 18.7. The summed E-state index contributed by atoms with van der Waals surface area (Å²) in [4.78, 5) is 0. The number of aromatic amines is 1. The molecule has 0 bridgehead atoms. The molecule has 0 saturated heterocycles. The van der Waals surface area contributed by atoms with Gasteiger partial charge in [0.25, 0.3) is 0 Å². The van der Waals surface area contributed by atoms with Crippen molar-refractivity contribution < 1.29 is 0 Å². The molecule has 0 spiro atoms. The van der Waals surface area contributed by atoms with Gasteiger partial charge in [-0.25, -0.2) is 0 Å². The van der Waals surface area contributed by atoms with Crippen LogP contribution in [-0.2, 0) is 0 Å². The zero-order valence-electron chi connectivity index (χ0n) is 8.28. The van der Waals surface area contributed by atoms with E-state index < -0.39 is 0 Å². The quantitative estimate of drug-likeness (QED) is 0.775. The first kappa shape index (κ1) is 9.28. The Hall–Kier alpha value is -2.28. The molecule has 2 N–H and O–H groups in total. The highest BCUT2D eigenvalue weighted by atomic mass is 15.2. The second kappa shape index (κ2) is 3.84. The number of hydrogen-bond donors (Lipinski definition) is 2. The molecule has 2 aromatic rings. The van der Waals surface area contributed by atoms with E-state index in [1.54, 1.807) is 6.07 Å². The van der Waals surface area contributed by atoms with Gasteiger partial charge in [-0.3, -0.25) is 5.10 Å². The van der Waals surface area contributed by atoms with E-state index in [4.69, 9.17) is 5.26 Å². The Balaban J connectivity index is 2.41. The summed E-state index contributed by atoms with van der Waals surface area (Å²) in [6.45, 7) is 0. The Bertz CT molecular complexity index is 507. The van der Waals surface area contributed by atoms with E-state index in [2.05, 4.69) is 21.6 Å². The first-order chi connectivity index (χ1) is 7.33. The number of benzene rings is 1. The fourth-order valence-electron chi connectivity index (χ4n) is 1.35.